The molecular weight excluding hydrogens is 297 g/mol. The van der Waals surface area contributed by atoms with Crippen LogP contribution in [0, 0.1) is 0 Å². The van der Waals surface area contributed by atoms with E-state index in [1.54, 1.807) is 11.8 Å². The summed E-state index contributed by atoms with van der Waals surface area (Å²) < 4.78 is 0. The lowest BCUT2D eigenvalue weighted by Gasteiger charge is -2.17. The molecule has 2 aromatic rings. The Morgan fingerprint density at radius 2 is 1.63 bits per heavy atom. The van der Waals surface area contributed by atoms with Crippen molar-refractivity contribution in [2.24, 2.45) is 0 Å². The quantitative estimate of drug-likeness (QED) is 0.776. The van der Waals surface area contributed by atoms with Crippen LogP contribution < -0.4 is 5.32 Å². The van der Waals surface area contributed by atoms with Crippen LogP contribution >= 0.6 is 35.0 Å². The van der Waals surface area contributed by atoms with Gasteiger partial charge in [-0.3, -0.25) is 0 Å². The van der Waals surface area contributed by atoms with Gasteiger partial charge in [-0.1, -0.05) is 53.5 Å². The molecule has 0 radical (unpaired) electrons. The molecule has 100 valence electrons. The SMILES string of the molecule is CNC(CSc1ccccc1Cl)c1ccccc1Cl. The minimum absolute atomic E-state index is 0.204. The van der Waals surface area contributed by atoms with Crippen molar-refractivity contribution in [3.63, 3.8) is 0 Å². The molecule has 0 saturated carbocycles. The predicted octanol–water partition coefficient (Wildman–Crippen LogP) is 5.05. The summed E-state index contributed by atoms with van der Waals surface area (Å²) in [6.45, 7) is 0. The molecule has 0 amide bonds. The monoisotopic (exact) mass is 311 g/mol. The summed E-state index contributed by atoms with van der Waals surface area (Å²) in [6, 6.07) is 16.0. The van der Waals surface area contributed by atoms with Gasteiger partial charge in [0.05, 0.1) is 5.02 Å². The zero-order valence-corrected chi connectivity index (χ0v) is 12.9. The van der Waals surface area contributed by atoms with Gasteiger partial charge >= 0.3 is 0 Å². The van der Waals surface area contributed by atoms with Gasteiger partial charge in [-0.25, -0.2) is 0 Å². The Hall–Kier alpha value is -0.670. The van der Waals surface area contributed by atoms with Gasteiger partial charge in [0.15, 0.2) is 0 Å². The first-order valence-electron chi connectivity index (χ1n) is 6.01. The molecule has 0 aromatic heterocycles. The molecule has 0 aliphatic carbocycles. The second-order valence-corrected chi connectivity index (χ2v) is 5.98. The van der Waals surface area contributed by atoms with Crippen LogP contribution in [0.3, 0.4) is 0 Å². The Labute approximate surface area is 128 Å². The van der Waals surface area contributed by atoms with Crippen molar-refractivity contribution in [1.82, 2.24) is 5.32 Å². The van der Waals surface area contributed by atoms with E-state index in [4.69, 9.17) is 23.2 Å². The lowest BCUT2D eigenvalue weighted by molar-refractivity contribution is 0.662. The van der Waals surface area contributed by atoms with E-state index < -0.39 is 0 Å². The van der Waals surface area contributed by atoms with Crippen molar-refractivity contribution >= 4 is 35.0 Å². The molecule has 1 N–H and O–H groups in total. The molecule has 2 rings (SSSR count). The molecule has 0 heterocycles. The van der Waals surface area contributed by atoms with Crippen LogP contribution in [0.1, 0.15) is 11.6 Å². The van der Waals surface area contributed by atoms with Crippen molar-refractivity contribution in [1.29, 1.82) is 0 Å². The zero-order valence-electron chi connectivity index (χ0n) is 10.6. The van der Waals surface area contributed by atoms with Gasteiger partial charge in [0, 0.05) is 21.7 Å². The van der Waals surface area contributed by atoms with Gasteiger partial charge in [0.25, 0.3) is 0 Å². The van der Waals surface area contributed by atoms with Crippen LogP contribution in [0.2, 0.25) is 10.0 Å². The zero-order chi connectivity index (χ0) is 13.7. The number of rotatable bonds is 5. The van der Waals surface area contributed by atoms with Crippen molar-refractivity contribution < 1.29 is 0 Å². The Morgan fingerprint density at radius 1 is 1.00 bits per heavy atom. The fraction of sp³-hybridized carbons (Fsp3) is 0.200. The Kier molecular flexibility index (Phi) is 5.59. The molecule has 0 aliphatic heterocycles. The first kappa shape index (κ1) is 14.7. The third-order valence-corrected chi connectivity index (χ3v) is 4.82. The summed E-state index contributed by atoms with van der Waals surface area (Å²) in [5.74, 6) is 0.879. The first-order valence-corrected chi connectivity index (χ1v) is 7.75. The third-order valence-electron chi connectivity index (χ3n) is 2.87. The van der Waals surface area contributed by atoms with E-state index in [-0.39, 0.29) is 6.04 Å². The molecule has 1 unspecified atom stereocenters. The van der Waals surface area contributed by atoms with Crippen LogP contribution in [0.4, 0.5) is 0 Å². The van der Waals surface area contributed by atoms with Gasteiger partial charge < -0.3 is 5.32 Å². The van der Waals surface area contributed by atoms with E-state index in [1.807, 2.05) is 49.5 Å². The highest BCUT2D eigenvalue weighted by molar-refractivity contribution is 7.99. The van der Waals surface area contributed by atoms with E-state index in [1.165, 1.54) is 0 Å². The lowest BCUT2D eigenvalue weighted by Crippen LogP contribution is -2.19. The van der Waals surface area contributed by atoms with Gasteiger partial charge in [0.1, 0.15) is 0 Å². The summed E-state index contributed by atoms with van der Waals surface area (Å²) in [5.41, 5.74) is 1.12. The van der Waals surface area contributed by atoms with E-state index in [0.29, 0.717) is 0 Å². The van der Waals surface area contributed by atoms with Crippen LogP contribution in [-0.4, -0.2) is 12.8 Å². The number of halogens is 2. The van der Waals surface area contributed by atoms with Crippen LogP contribution in [0.15, 0.2) is 53.4 Å². The minimum Gasteiger partial charge on any atom is -0.312 e. The predicted molar refractivity (Wildman–Crippen MR) is 85.4 cm³/mol. The molecular formula is C15H15Cl2NS. The molecule has 0 aliphatic rings. The second-order valence-electron chi connectivity index (χ2n) is 4.10. The molecule has 1 atom stereocenters. The summed E-state index contributed by atoms with van der Waals surface area (Å²) in [5, 5.41) is 4.89. The standard InChI is InChI=1S/C15H15Cl2NS/c1-18-14(11-6-2-3-7-12(11)16)10-19-15-9-5-4-8-13(15)17/h2-9,14,18H,10H2,1H3. The lowest BCUT2D eigenvalue weighted by atomic mass is 10.1. The van der Waals surface area contributed by atoms with E-state index >= 15 is 0 Å². The number of hydrogen-bond donors (Lipinski definition) is 1. The Morgan fingerprint density at radius 3 is 2.26 bits per heavy atom. The molecule has 0 saturated heterocycles. The van der Waals surface area contributed by atoms with Gasteiger partial charge in [0.2, 0.25) is 0 Å². The smallest absolute Gasteiger partial charge is 0.0541 e. The van der Waals surface area contributed by atoms with E-state index in [2.05, 4.69) is 11.4 Å². The molecule has 2 aromatic carbocycles. The van der Waals surface area contributed by atoms with Gasteiger partial charge in [-0.15, -0.1) is 11.8 Å². The average molecular weight is 312 g/mol. The molecule has 0 fully saturated rings. The second kappa shape index (κ2) is 7.20. The van der Waals surface area contributed by atoms with Crippen LogP contribution in [-0.2, 0) is 0 Å². The van der Waals surface area contributed by atoms with Crippen molar-refractivity contribution in [3.05, 3.63) is 64.1 Å². The maximum Gasteiger partial charge on any atom is 0.0541 e. The highest BCUT2D eigenvalue weighted by atomic mass is 35.5. The Balaban J connectivity index is 2.09. The summed E-state index contributed by atoms with van der Waals surface area (Å²) in [6.07, 6.45) is 0. The van der Waals surface area contributed by atoms with Gasteiger partial charge in [-0.05, 0) is 30.8 Å². The molecule has 19 heavy (non-hydrogen) atoms. The Bertz CT molecular complexity index is 545. The third kappa shape index (κ3) is 3.90. The fourth-order valence-corrected chi connectivity index (χ4v) is 3.46. The maximum atomic E-state index is 6.24. The topological polar surface area (TPSA) is 12.0 Å². The molecule has 0 spiro atoms. The number of nitrogens with one attached hydrogen (secondary N) is 1. The van der Waals surface area contributed by atoms with Gasteiger partial charge in [-0.2, -0.15) is 0 Å². The average Bonchev–Trinajstić information content (AvgIpc) is 2.43. The number of benzene rings is 2. The van der Waals surface area contributed by atoms with Crippen LogP contribution in [0.5, 0.6) is 0 Å². The fourth-order valence-electron chi connectivity index (χ4n) is 1.82. The minimum atomic E-state index is 0.204. The highest BCUT2D eigenvalue weighted by Gasteiger charge is 2.13. The summed E-state index contributed by atoms with van der Waals surface area (Å²) in [4.78, 5) is 1.09. The largest absolute Gasteiger partial charge is 0.312 e. The van der Waals surface area contributed by atoms with Crippen molar-refractivity contribution in [3.8, 4) is 0 Å². The van der Waals surface area contributed by atoms with Crippen LogP contribution in [0.25, 0.3) is 0 Å². The summed E-state index contributed by atoms with van der Waals surface area (Å²) in [7, 11) is 1.95. The van der Waals surface area contributed by atoms with E-state index in [9.17, 15) is 0 Å². The number of thioether (sulfide) groups is 1. The highest BCUT2D eigenvalue weighted by Crippen LogP contribution is 2.31. The van der Waals surface area contributed by atoms with Crippen molar-refractivity contribution in [2.75, 3.05) is 12.8 Å². The first-order chi connectivity index (χ1) is 9.22. The maximum absolute atomic E-state index is 6.24. The molecule has 0 bridgehead atoms. The normalized spacial score (nSPS) is 12.4. The van der Waals surface area contributed by atoms with E-state index in [0.717, 1.165) is 26.3 Å². The number of hydrogen-bond acceptors (Lipinski definition) is 2. The molecule has 1 nitrogen and oxygen atoms in total. The van der Waals surface area contributed by atoms with Crippen molar-refractivity contribution in [2.45, 2.75) is 10.9 Å². The summed E-state index contributed by atoms with van der Waals surface area (Å²) >= 11 is 14.1. The molecule has 4 heteroatoms.